The summed E-state index contributed by atoms with van der Waals surface area (Å²) >= 11 is 0. The van der Waals surface area contributed by atoms with Gasteiger partial charge in [-0.25, -0.2) is 0 Å². The molecule has 6 heteroatoms. The summed E-state index contributed by atoms with van der Waals surface area (Å²) in [6.07, 6.45) is 8.00. The lowest BCUT2D eigenvalue weighted by Gasteiger charge is -2.47. The van der Waals surface area contributed by atoms with Crippen LogP contribution in [-0.4, -0.2) is 60.1 Å². The van der Waals surface area contributed by atoms with Crippen molar-refractivity contribution in [3.63, 3.8) is 0 Å². The molecule has 0 N–H and O–H groups in total. The number of hydrogen-bond acceptors (Lipinski definition) is 5. The molecule has 1 spiro atoms. The van der Waals surface area contributed by atoms with E-state index in [0.717, 1.165) is 62.6 Å². The minimum Gasteiger partial charge on any atom is -0.486 e. The first kappa shape index (κ1) is 19.4. The monoisotopic (exact) mass is 407 g/mol. The number of aromatic nitrogens is 1. The predicted octanol–water partition coefficient (Wildman–Crippen LogP) is 3.37. The molecule has 0 bridgehead atoms. The second-order valence-corrected chi connectivity index (χ2v) is 8.75. The highest BCUT2D eigenvalue weighted by Gasteiger charge is 2.38. The largest absolute Gasteiger partial charge is 0.486 e. The lowest BCUT2D eigenvalue weighted by molar-refractivity contribution is 0.0282. The van der Waals surface area contributed by atoms with E-state index < -0.39 is 0 Å². The summed E-state index contributed by atoms with van der Waals surface area (Å²) in [6, 6.07) is 9.82. The fraction of sp³-hybridized carbons (Fsp3) is 0.500. The number of para-hydroxylation sites is 1. The molecule has 1 aromatic heterocycles. The summed E-state index contributed by atoms with van der Waals surface area (Å²) in [7, 11) is 0. The quantitative estimate of drug-likeness (QED) is 0.781. The van der Waals surface area contributed by atoms with Crippen LogP contribution in [0.2, 0.25) is 0 Å². The summed E-state index contributed by atoms with van der Waals surface area (Å²) in [5, 5.41) is 0. The Morgan fingerprint density at radius 2 is 1.63 bits per heavy atom. The molecule has 0 radical (unpaired) electrons. The maximum Gasteiger partial charge on any atom is 0.253 e. The van der Waals surface area contributed by atoms with Crippen LogP contribution in [0.3, 0.4) is 0 Å². The Kier molecular flexibility index (Phi) is 5.34. The number of ether oxygens (including phenoxy) is 2. The molecular weight excluding hydrogens is 378 g/mol. The molecule has 3 aliphatic heterocycles. The van der Waals surface area contributed by atoms with Gasteiger partial charge in [-0.2, -0.15) is 0 Å². The van der Waals surface area contributed by atoms with Gasteiger partial charge in [-0.3, -0.25) is 14.7 Å². The second kappa shape index (κ2) is 8.26. The second-order valence-electron chi connectivity index (χ2n) is 8.75. The van der Waals surface area contributed by atoms with E-state index in [4.69, 9.17) is 9.47 Å². The molecule has 30 heavy (non-hydrogen) atoms. The molecule has 4 heterocycles. The molecule has 0 aliphatic carbocycles. The number of fused-ring (bicyclic) bond motifs is 1. The highest BCUT2D eigenvalue weighted by Crippen LogP contribution is 2.42. The fourth-order valence-corrected chi connectivity index (χ4v) is 5.05. The first-order chi connectivity index (χ1) is 14.7. The van der Waals surface area contributed by atoms with Crippen LogP contribution in [0.15, 0.2) is 42.7 Å². The number of pyridine rings is 1. The minimum atomic E-state index is 0.140. The van der Waals surface area contributed by atoms with E-state index >= 15 is 0 Å². The van der Waals surface area contributed by atoms with Crippen molar-refractivity contribution in [2.45, 2.75) is 32.2 Å². The summed E-state index contributed by atoms with van der Waals surface area (Å²) in [5.41, 5.74) is 2.36. The molecule has 0 unspecified atom stereocenters. The number of likely N-dealkylation sites (tertiary alicyclic amines) is 2. The maximum atomic E-state index is 12.7. The third-order valence-corrected chi connectivity index (χ3v) is 7.00. The van der Waals surface area contributed by atoms with E-state index in [0.29, 0.717) is 18.6 Å². The van der Waals surface area contributed by atoms with Crippen molar-refractivity contribution in [1.29, 1.82) is 0 Å². The summed E-state index contributed by atoms with van der Waals surface area (Å²) in [5.74, 6) is 1.94. The summed E-state index contributed by atoms with van der Waals surface area (Å²) < 4.78 is 11.6. The molecule has 0 saturated carbocycles. The Bertz CT molecular complexity index is 884. The van der Waals surface area contributed by atoms with E-state index in [2.05, 4.69) is 22.0 Å². The van der Waals surface area contributed by atoms with Crippen LogP contribution < -0.4 is 9.47 Å². The van der Waals surface area contributed by atoms with Gasteiger partial charge >= 0.3 is 0 Å². The Morgan fingerprint density at radius 1 is 0.933 bits per heavy atom. The van der Waals surface area contributed by atoms with Crippen LogP contribution in [0.4, 0.5) is 0 Å². The number of rotatable bonds is 3. The number of amides is 1. The number of carbonyl (C=O) groups excluding carboxylic acids is 1. The average Bonchev–Trinajstić information content (AvgIpc) is 2.82. The Hall–Kier alpha value is -2.60. The molecular formula is C24H29N3O3. The van der Waals surface area contributed by atoms with Gasteiger partial charge in [-0.1, -0.05) is 12.1 Å². The van der Waals surface area contributed by atoms with E-state index in [9.17, 15) is 4.79 Å². The van der Waals surface area contributed by atoms with Gasteiger partial charge in [0.15, 0.2) is 11.5 Å². The number of hydrogen-bond donors (Lipinski definition) is 0. The Morgan fingerprint density at radius 3 is 2.40 bits per heavy atom. The Balaban J connectivity index is 1.16. The molecule has 6 nitrogen and oxygen atoms in total. The third-order valence-electron chi connectivity index (χ3n) is 7.00. The molecule has 0 atom stereocenters. The fourth-order valence-electron chi connectivity index (χ4n) is 5.05. The van der Waals surface area contributed by atoms with Crippen molar-refractivity contribution in [3.8, 4) is 11.5 Å². The highest BCUT2D eigenvalue weighted by atomic mass is 16.6. The number of carbonyl (C=O) groups is 1. The van der Waals surface area contributed by atoms with Gasteiger partial charge in [0.1, 0.15) is 13.2 Å². The van der Waals surface area contributed by atoms with Gasteiger partial charge < -0.3 is 14.4 Å². The smallest absolute Gasteiger partial charge is 0.253 e. The Labute approximate surface area is 177 Å². The molecule has 5 rings (SSSR count). The van der Waals surface area contributed by atoms with Crippen LogP contribution >= 0.6 is 0 Å². The highest BCUT2D eigenvalue weighted by molar-refractivity contribution is 5.94. The molecule has 2 aromatic rings. The zero-order valence-electron chi connectivity index (χ0n) is 17.4. The van der Waals surface area contributed by atoms with E-state index in [-0.39, 0.29) is 5.91 Å². The van der Waals surface area contributed by atoms with Crippen LogP contribution in [0.1, 0.15) is 41.6 Å². The maximum absolute atomic E-state index is 12.7. The molecule has 2 fully saturated rings. The summed E-state index contributed by atoms with van der Waals surface area (Å²) in [4.78, 5) is 21.3. The number of piperidine rings is 2. The van der Waals surface area contributed by atoms with Gasteiger partial charge in [0.05, 0.1) is 0 Å². The molecule has 1 aromatic carbocycles. The standard InChI is InChI=1S/C24H29N3O3/c28-23(19-4-10-25-11-5-19)27-14-8-24(9-15-27)6-12-26(13-7-24)18-20-2-1-3-21-22(20)30-17-16-29-21/h1-5,10-11H,6-9,12-18H2. The molecule has 1 amide bonds. The van der Waals surface area contributed by atoms with E-state index in [1.54, 1.807) is 12.4 Å². The molecule has 3 aliphatic rings. The van der Waals surface area contributed by atoms with Crippen molar-refractivity contribution in [2.75, 3.05) is 39.4 Å². The van der Waals surface area contributed by atoms with Crippen LogP contribution in [-0.2, 0) is 6.54 Å². The van der Waals surface area contributed by atoms with Crippen molar-refractivity contribution < 1.29 is 14.3 Å². The normalized spacial score (nSPS) is 20.9. The van der Waals surface area contributed by atoms with Gasteiger partial charge in [0.2, 0.25) is 0 Å². The topological polar surface area (TPSA) is 54.9 Å². The lowest BCUT2D eigenvalue weighted by Crippen LogP contribution is -2.48. The van der Waals surface area contributed by atoms with Crippen LogP contribution in [0.5, 0.6) is 11.5 Å². The zero-order valence-corrected chi connectivity index (χ0v) is 17.4. The first-order valence-corrected chi connectivity index (χ1v) is 11.0. The third kappa shape index (κ3) is 3.88. The van der Waals surface area contributed by atoms with Crippen molar-refractivity contribution in [3.05, 3.63) is 53.9 Å². The van der Waals surface area contributed by atoms with Crippen LogP contribution in [0.25, 0.3) is 0 Å². The predicted molar refractivity (Wildman–Crippen MR) is 114 cm³/mol. The minimum absolute atomic E-state index is 0.140. The number of nitrogens with zero attached hydrogens (tertiary/aromatic N) is 3. The van der Waals surface area contributed by atoms with Gasteiger partial charge in [-0.15, -0.1) is 0 Å². The van der Waals surface area contributed by atoms with E-state index in [1.165, 1.54) is 18.4 Å². The lowest BCUT2D eigenvalue weighted by atomic mass is 9.71. The zero-order chi connectivity index (χ0) is 20.4. The average molecular weight is 408 g/mol. The van der Waals surface area contributed by atoms with Crippen molar-refractivity contribution >= 4 is 5.91 Å². The molecule has 2 saturated heterocycles. The summed E-state index contributed by atoms with van der Waals surface area (Å²) in [6.45, 7) is 6.09. The van der Waals surface area contributed by atoms with Gasteiger partial charge in [-0.05, 0) is 62.4 Å². The first-order valence-electron chi connectivity index (χ1n) is 11.0. The number of benzene rings is 1. The van der Waals surface area contributed by atoms with Crippen molar-refractivity contribution in [2.24, 2.45) is 5.41 Å². The van der Waals surface area contributed by atoms with Gasteiger partial charge in [0, 0.05) is 43.2 Å². The van der Waals surface area contributed by atoms with Crippen LogP contribution in [0, 0.1) is 5.41 Å². The molecule has 158 valence electrons. The van der Waals surface area contributed by atoms with E-state index in [1.807, 2.05) is 23.1 Å². The SMILES string of the molecule is O=C(c1ccncc1)N1CCC2(CCN(Cc3cccc4c3OCCO4)CC2)CC1. The van der Waals surface area contributed by atoms with Crippen molar-refractivity contribution in [1.82, 2.24) is 14.8 Å². The van der Waals surface area contributed by atoms with Gasteiger partial charge in [0.25, 0.3) is 5.91 Å².